The molecule has 0 amide bonds. The van der Waals surface area contributed by atoms with Crippen LogP contribution in [0.5, 0.6) is 0 Å². The predicted molar refractivity (Wildman–Crippen MR) is 141 cm³/mol. The zero-order valence-electron chi connectivity index (χ0n) is 20.3. The predicted octanol–water partition coefficient (Wildman–Crippen LogP) is 7.43. The van der Waals surface area contributed by atoms with E-state index in [1.54, 1.807) is 24.9 Å². The van der Waals surface area contributed by atoms with Crippen LogP contribution in [0, 0.1) is 0 Å². The molecule has 0 N–H and O–H groups in total. The Balaban J connectivity index is 1.28. The average molecular weight is 483 g/mol. The van der Waals surface area contributed by atoms with Crippen LogP contribution >= 0.6 is 0 Å². The fraction of sp³-hybridized carbons (Fsp3) is 0.0968. The lowest BCUT2D eigenvalue weighted by Crippen LogP contribution is -2.15. The van der Waals surface area contributed by atoms with Crippen molar-refractivity contribution in [1.82, 2.24) is 19.9 Å². The van der Waals surface area contributed by atoms with Crippen molar-refractivity contribution in [2.24, 2.45) is 0 Å². The highest BCUT2D eigenvalue weighted by Gasteiger charge is 2.36. The van der Waals surface area contributed by atoms with Gasteiger partial charge in [-0.05, 0) is 58.7 Å². The molecule has 4 aromatic heterocycles. The summed E-state index contributed by atoms with van der Waals surface area (Å²) in [5.74, 6) is 1.03. The number of pyridine rings is 2. The van der Waals surface area contributed by atoms with Gasteiger partial charge in [0, 0.05) is 16.5 Å². The first-order chi connectivity index (χ1) is 18.1. The fourth-order valence-corrected chi connectivity index (χ4v) is 5.19. The van der Waals surface area contributed by atoms with Gasteiger partial charge in [-0.1, -0.05) is 50.2 Å². The third-order valence-corrected chi connectivity index (χ3v) is 7.07. The zero-order valence-corrected chi connectivity index (χ0v) is 20.3. The van der Waals surface area contributed by atoms with Gasteiger partial charge in [0.25, 0.3) is 0 Å². The molecular weight excluding hydrogens is 460 g/mol. The molecule has 0 saturated carbocycles. The molecule has 6 aromatic rings. The van der Waals surface area contributed by atoms with Gasteiger partial charge in [0.2, 0.25) is 11.8 Å². The van der Waals surface area contributed by atoms with Crippen LogP contribution < -0.4 is 0 Å². The Morgan fingerprint density at radius 3 is 1.46 bits per heavy atom. The SMILES string of the molecule is CC1(C)c2cc(-c3cccc(-c4ncco4)n3)ccc2-c2ccc(-c3cccc(-c4ncco4)n3)cc21. The maximum Gasteiger partial charge on any atom is 0.245 e. The number of benzene rings is 2. The number of oxazole rings is 2. The second-order valence-electron chi connectivity index (χ2n) is 9.64. The third-order valence-electron chi connectivity index (χ3n) is 7.07. The summed E-state index contributed by atoms with van der Waals surface area (Å²) in [4.78, 5) is 18.1. The van der Waals surface area contributed by atoms with Gasteiger partial charge in [-0.15, -0.1) is 0 Å². The lowest BCUT2D eigenvalue weighted by molar-refractivity contribution is 0.572. The molecule has 37 heavy (non-hydrogen) atoms. The van der Waals surface area contributed by atoms with Crippen molar-refractivity contribution in [3.05, 3.63) is 109 Å². The van der Waals surface area contributed by atoms with E-state index in [1.807, 2.05) is 36.4 Å². The second kappa shape index (κ2) is 8.10. The topological polar surface area (TPSA) is 77.8 Å². The minimum atomic E-state index is -0.183. The van der Waals surface area contributed by atoms with Crippen molar-refractivity contribution in [2.75, 3.05) is 0 Å². The summed E-state index contributed by atoms with van der Waals surface area (Å²) in [7, 11) is 0. The monoisotopic (exact) mass is 482 g/mol. The van der Waals surface area contributed by atoms with Crippen LogP contribution in [0.4, 0.5) is 0 Å². The van der Waals surface area contributed by atoms with Gasteiger partial charge in [-0.25, -0.2) is 19.9 Å². The lowest BCUT2D eigenvalue weighted by Gasteiger charge is -2.22. The van der Waals surface area contributed by atoms with Crippen LogP contribution in [-0.4, -0.2) is 19.9 Å². The Morgan fingerprint density at radius 2 is 1.03 bits per heavy atom. The Labute approximate surface area is 213 Å². The lowest BCUT2D eigenvalue weighted by atomic mass is 9.81. The molecule has 178 valence electrons. The van der Waals surface area contributed by atoms with Crippen molar-refractivity contribution in [3.8, 4) is 56.8 Å². The van der Waals surface area contributed by atoms with Gasteiger partial charge >= 0.3 is 0 Å². The van der Waals surface area contributed by atoms with Gasteiger partial charge < -0.3 is 8.83 Å². The molecule has 0 unspecified atom stereocenters. The number of nitrogens with zero attached hydrogens (tertiary/aromatic N) is 4. The van der Waals surface area contributed by atoms with Crippen molar-refractivity contribution < 1.29 is 8.83 Å². The molecule has 0 radical (unpaired) electrons. The first-order valence-electron chi connectivity index (χ1n) is 12.1. The van der Waals surface area contributed by atoms with E-state index in [0.717, 1.165) is 33.9 Å². The average Bonchev–Trinajstić information content (AvgIpc) is 3.71. The van der Waals surface area contributed by atoms with E-state index < -0.39 is 0 Å². The van der Waals surface area contributed by atoms with Crippen molar-refractivity contribution >= 4 is 0 Å². The molecule has 6 heteroatoms. The van der Waals surface area contributed by atoms with E-state index >= 15 is 0 Å². The molecule has 2 aromatic carbocycles. The molecule has 0 saturated heterocycles. The van der Waals surface area contributed by atoms with Crippen molar-refractivity contribution in [3.63, 3.8) is 0 Å². The maximum atomic E-state index is 5.45. The van der Waals surface area contributed by atoms with Crippen molar-refractivity contribution in [2.45, 2.75) is 19.3 Å². The molecule has 4 heterocycles. The van der Waals surface area contributed by atoms with Crippen LogP contribution in [0.25, 0.3) is 56.8 Å². The number of rotatable bonds is 4. The van der Waals surface area contributed by atoms with Crippen molar-refractivity contribution in [1.29, 1.82) is 0 Å². The molecule has 6 nitrogen and oxygen atoms in total. The minimum Gasteiger partial charge on any atom is -0.443 e. The van der Waals surface area contributed by atoms with Crippen LogP contribution in [0.3, 0.4) is 0 Å². The molecule has 1 aliphatic carbocycles. The Morgan fingerprint density at radius 1 is 0.568 bits per heavy atom. The Kier molecular flexibility index (Phi) is 4.69. The summed E-state index contributed by atoms with van der Waals surface area (Å²) in [6.45, 7) is 4.55. The van der Waals surface area contributed by atoms with E-state index in [1.165, 1.54) is 22.3 Å². The number of hydrogen-bond donors (Lipinski definition) is 0. The maximum absolute atomic E-state index is 5.45. The first-order valence-corrected chi connectivity index (χ1v) is 12.1. The summed E-state index contributed by atoms with van der Waals surface area (Å²) in [6.07, 6.45) is 6.39. The van der Waals surface area contributed by atoms with Crippen LogP contribution in [-0.2, 0) is 5.41 Å². The Bertz CT molecular complexity index is 1620. The first kappa shape index (κ1) is 21.4. The number of aromatic nitrogens is 4. The molecule has 0 atom stereocenters. The second-order valence-corrected chi connectivity index (χ2v) is 9.64. The van der Waals surface area contributed by atoms with E-state index in [4.69, 9.17) is 18.8 Å². The van der Waals surface area contributed by atoms with Gasteiger partial charge in [-0.3, -0.25) is 0 Å². The summed E-state index contributed by atoms with van der Waals surface area (Å²) in [6, 6.07) is 25.1. The number of hydrogen-bond acceptors (Lipinski definition) is 6. The van der Waals surface area contributed by atoms with Crippen LogP contribution in [0.1, 0.15) is 25.0 Å². The number of fused-ring (bicyclic) bond motifs is 3. The standard InChI is InChI=1S/C31H22N4O2/c1-31(2)23-17-19(25-5-3-7-27(34-25)29-32-13-15-36-29)9-11-21(23)22-12-10-20(18-24(22)31)26-6-4-8-28(35-26)30-33-14-16-37-30/h3-18H,1-2H3. The zero-order chi connectivity index (χ0) is 25.0. The smallest absolute Gasteiger partial charge is 0.245 e. The molecule has 0 bridgehead atoms. The highest BCUT2D eigenvalue weighted by atomic mass is 16.3. The molecule has 0 aliphatic heterocycles. The van der Waals surface area contributed by atoms with Gasteiger partial charge in [0.1, 0.15) is 23.9 Å². The van der Waals surface area contributed by atoms with Gasteiger partial charge in [-0.2, -0.15) is 0 Å². The fourth-order valence-electron chi connectivity index (χ4n) is 5.19. The molecule has 1 aliphatic rings. The van der Waals surface area contributed by atoms with E-state index in [0.29, 0.717) is 11.8 Å². The van der Waals surface area contributed by atoms with E-state index in [-0.39, 0.29) is 5.41 Å². The summed E-state index contributed by atoms with van der Waals surface area (Å²) >= 11 is 0. The normalized spacial score (nSPS) is 13.4. The summed E-state index contributed by atoms with van der Waals surface area (Å²) in [5, 5.41) is 0. The highest BCUT2D eigenvalue weighted by molar-refractivity contribution is 5.85. The Hall–Kier alpha value is -4.84. The van der Waals surface area contributed by atoms with Gasteiger partial charge in [0.15, 0.2) is 0 Å². The minimum absolute atomic E-state index is 0.183. The van der Waals surface area contributed by atoms with Gasteiger partial charge in [0.05, 0.1) is 23.8 Å². The highest BCUT2D eigenvalue weighted by Crippen LogP contribution is 2.50. The summed E-state index contributed by atoms with van der Waals surface area (Å²) in [5.41, 5.74) is 10.2. The molecule has 7 rings (SSSR count). The van der Waals surface area contributed by atoms with E-state index in [2.05, 4.69) is 60.2 Å². The third kappa shape index (κ3) is 3.49. The molecule has 0 fully saturated rings. The quantitative estimate of drug-likeness (QED) is 0.260. The largest absolute Gasteiger partial charge is 0.443 e. The van der Waals surface area contributed by atoms with Crippen LogP contribution in [0.2, 0.25) is 0 Å². The van der Waals surface area contributed by atoms with Crippen LogP contribution in [0.15, 0.2) is 107 Å². The van der Waals surface area contributed by atoms with E-state index in [9.17, 15) is 0 Å². The molecular formula is C31H22N4O2. The summed E-state index contributed by atoms with van der Waals surface area (Å²) < 4.78 is 10.9. The molecule has 0 spiro atoms.